The highest BCUT2D eigenvalue weighted by atomic mass is 16.1. The Kier molecular flexibility index (Phi) is 4.33. The molecule has 0 saturated carbocycles. The highest BCUT2D eigenvalue weighted by Crippen LogP contribution is 2.09. The smallest absolute Gasteiger partial charge is 0.160 e. The quantitative estimate of drug-likeness (QED) is 0.641. The normalized spacial score (nSPS) is 19.3. The number of ketones is 1. The number of rotatable bonds is 4. The van der Waals surface area contributed by atoms with E-state index < -0.39 is 0 Å². The molecule has 2 nitrogen and oxygen atoms in total. The third kappa shape index (κ3) is 3.26. The Morgan fingerprint density at radius 3 is 2.43 bits per heavy atom. The molecule has 0 spiro atoms. The number of hydrogen-bond donors (Lipinski definition) is 0. The summed E-state index contributed by atoms with van der Waals surface area (Å²) in [5.41, 5.74) is 0.923. The summed E-state index contributed by atoms with van der Waals surface area (Å²) < 4.78 is 0. The van der Waals surface area contributed by atoms with Gasteiger partial charge in [0.1, 0.15) is 0 Å². The highest BCUT2D eigenvalue weighted by molar-refractivity contribution is 5.96. The van der Waals surface area contributed by atoms with Crippen molar-refractivity contribution in [3.63, 3.8) is 0 Å². The van der Waals surface area contributed by atoms with Crippen molar-refractivity contribution in [2.24, 2.45) is 5.92 Å². The molecule has 0 atom stereocenters. The number of Topliss-reactive ketones (excluding diaryl/α,β-unsaturated/α-hetero) is 1. The summed E-state index contributed by atoms with van der Waals surface area (Å²) in [6.45, 7) is 9.17. The van der Waals surface area contributed by atoms with Crippen LogP contribution in [0.4, 0.5) is 0 Å². The maximum absolute atomic E-state index is 11.6. The van der Waals surface area contributed by atoms with Crippen LogP contribution in [0.15, 0.2) is 11.6 Å². The van der Waals surface area contributed by atoms with Crippen molar-refractivity contribution in [2.75, 3.05) is 19.6 Å². The molecule has 1 aliphatic heterocycles. The van der Waals surface area contributed by atoms with Crippen LogP contribution < -0.4 is 0 Å². The minimum Gasteiger partial charge on any atom is -0.300 e. The SMILES string of the molecule is C/C(=C\CN1CCCC1)C(=O)C(C)C. The van der Waals surface area contributed by atoms with Gasteiger partial charge in [0.15, 0.2) is 5.78 Å². The van der Waals surface area contributed by atoms with Crippen molar-refractivity contribution in [3.05, 3.63) is 11.6 Å². The van der Waals surface area contributed by atoms with E-state index in [1.165, 1.54) is 25.9 Å². The van der Waals surface area contributed by atoms with Crippen LogP contribution in [0, 0.1) is 5.92 Å². The zero-order chi connectivity index (χ0) is 10.6. The van der Waals surface area contributed by atoms with Crippen LogP contribution in [0.2, 0.25) is 0 Å². The highest BCUT2D eigenvalue weighted by Gasteiger charge is 2.12. The van der Waals surface area contributed by atoms with Gasteiger partial charge in [0.2, 0.25) is 0 Å². The fourth-order valence-electron chi connectivity index (χ4n) is 1.79. The lowest BCUT2D eigenvalue weighted by Gasteiger charge is -2.12. The van der Waals surface area contributed by atoms with Gasteiger partial charge in [0.05, 0.1) is 0 Å². The fraction of sp³-hybridized carbons (Fsp3) is 0.750. The maximum atomic E-state index is 11.6. The molecular formula is C12H21NO. The molecule has 0 aliphatic carbocycles. The lowest BCUT2D eigenvalue weighted by molar-refractivity contribution is -0.118. The number of likely N-dealkylation sites (tertiary alicyclic amines) is 1. The molecule has 0 N–H and O–H groups in total. The van der Waals surface area contributed by atoms with Crippen LogP contribution in [0.3, 0.4) is 0 Å². The van der Waals surface area contributed by atoms with E-state index in [1.54, 1.807) is 0 Å². The van der Waals surface area contributed by atoms with Gasteiger partial charge in [-0.25, -0.2) is 0 Å². The van der Waals surface area contributed by atoms with Crippen LogP contribution in [-0.4, -0.2) is 30.3 Å². The Labute approximate surface area is 87.0 Å². The summed E-state index contributed by atoms with van der Waals surface area (Å²) in [4.78, 5) is 14.0. The Balaban J connectivity index is 2.39. The zero-order valence-corrected chi connectivity index (χ0v) is 9.55. The van der Waals surface area contributed by atoms with Gasteiger partial charge in [-0.2, -0.15) is 0 Å². The van der Waals surface area contributed by atoms with Gasteiger partial charge in [0.25, 0.3) is 0 Å². The number of carbonyl (C=O) groups is 1. The van der Waals surface area contributed by atoms with E-state index in [9.17, 15) is 4.79 Å². The molecule has 0 unspecified atom stereocenters. The first-order chi connectivity index (χ1) is 6.61. The molecule has 1 fully saturated rings. The average Bonchev–Trinajstić information content (AvgIpc) is 2.65. The van der Waals surface area contributed by atoms with Crippen molar-refractivity contribution < 1.29 is 4.79 Å². The van der Waals surface area contributed by atoms with Gasteiger partial charge in [-0.05, 0) is 38.4 Å². The molecule has 1 rings (SSSR count). The number of carbonyl (C=O) groups excluding carboxylic acids is 1. The molecule has 1 saturated heterocycles. The van der Waals surface area contributed by atoms with Gasteiger partial charge in [-0.3, -0.25) is 9.69 Å². The zero-order valence-electron chi connectivity index (χ0n) is 9.55. The molecule has 0 bridgehead atoms. The van der Waals surface area contributed by atoms with Gasteiger partial charge >= 0.3 is 0 Å². The Hall–Kier alpha value is -0.630. The van der Waals surface area contributed by atoms with Gasteiger partial charge in [-0.15, -0.1) is 0 Å². The molecule has 14 heavy (non-hydrogen) atoms. The van der Waals surface area contributed by atoms with Gasteiger partial charge in [-0.1, -0.05) is 19.9 Å². The Morgan fingerprint density at radius 1 is 1.36 bits per heavy atom. The fourth-order valence-corrected chi connectivity index (χ4v) is 1.79. The molecule has 0 aromatic rings. The van der Waals surface area contributed by atoms with E-state index in [2.05, 4.69) is 11.0 Å². The summed E-state index contributed by atoms with van der Waals surface area (Å²) in [5, 5.41) is 0. The second kappa shape index (κ2) is 5.30. The largest absolute Gasteiger partial charge is 0.300 e. The van der Waals surface area contributed by atoms with Crippen LogP contribution in [0.5, 0.6) is 0 Å². The van der Waals surface area contributed by atoms with Crippen molar-refractivity contribution in [2.45, 2.75) is 33.6 Å². The van der Waals surface area contributed by atoms with Crippen LogP contribution in [-0.2, 0) is 4.79 Å². The summed E-state index contributed by atoms with van der Waals surface area (Å²) in [6.07, 6.45) is 4.70. The molecule has 0 amide bonds. The van der Waals surface area contributed by atoms with Gasteiger partial charge in [0, 0.05) is 12.5 Å². The summed E-state index contributed by atoms with van der Waals surface area (Å²) in [7, 11) is 0. The van der Waals surface area contributed by atoms with Crippen molar-refractivity contribution in [1.82, 2.24) is 4.90 Å². The van der Waals surface area contributed by atoms with Crippen LogP contribution in [0.1, 0.15) is 33.6 Å². The predicted octanol–water partition coefficient (Wildman–Crippen LogP) is 2.25. The summed E-state index contributed by atoms with van der Waals surface area (Å²) >= 11 is 0. The third-order valence-corrected chi connectivity index (χ3v) is 2.77. The second-order valence-corrected chi connectivity index (χ2v) is 4.41. The predicted molar refractivity (Wildman–Crippen MR) is 59.3 cm³/mol. The molecule has 1 heterocycles. The Morgan fingerprint density at radius 2 is 1.93 bits per heavy atom. The number of hydrogen-bond acceptors (Lipinski definition) is 2. The van der Waals surface area contributed by atoms with Crippen molar-refractivity contribution >= 4 is 5.78 Å². The lowest BCUT2D eigenvalue weighted by Crippen LogP contribution is -2.20. The van der Waals surface area contributed by atoms with Crippen molar-refractivity contribution in [1.29, 1.82) is 0 Å². The number of nitrogens with zero attached hydrogens (tertiary/aromatic N) is 1. The summed E-state index contributed by atoms with van der Waals surface area (Å²) in [6, 6.07) is 0. The van der Waals surface area contributed by atoms with Crippen LogP contribution >= 0.6 is 0 Å². The first-order valence-corrected chi connectivity index (χ1v) is 5.54. The third-order valence-electron chi connectivity index (χ3n) is 2.77. The van der Waals surface area contributed by atoms with Crippen LogP contribution in [0.25, 0.3) is 0 Å². The standard InChI is InChI=1S/C12H21NO/c1-10(2)12(14)11(3)6-9-13-7-4-5-8-13/h6,10H,4-5,7-9H2,1-3H3/b11-6+. The summed E-state index contributed by atoms with van der Waals surface area (Å²) in [5.74, 6) is 0.411. The molecular weight excluding hydrogens is 174 g/mol. The van der Waals surface area contributed by atoms with E-state index in [4.69, 9.17) is 0 Å². The van der Waals surface area contributed by atoms with Gasteiger partial charge < -0.3 is 0 Å². The molecule has 0 radical (unpaired) electrons. The first kappa shape index (κ1) is 11.4. The average molecular weight is 195 g/mol. The second-order valence-electron chi connectivity index (χ2n) is 4.41. The molecule has 2 heteroatoms. The van der Waals surface area contributed by atoms with E-state index in [0.717, 1.165) is 12.1 Å². The monoisotopic (exact) mass is 195 g/mol. The molecule has 0 aromatic heterocycles. The molecule has 0 aromatic carbocycles. The Bertz CT molecular complexity index is 224. The van der Waals surface area contributed by atoms with E-state index in [-0.39, 0.29) is 11.7 Å². The van der Waals surface area contributed by atoms with Crippen molar-refractivity contribution in [3.8, 4) is 0 Å². The first-order valence-electron chi connectivity index (χ1n) is 5.54. The minimum absolute atomic E-state index is 0.129. The van der Waals surface area contributed by atoms with E-state index in [0.29, 0.717) is 0 Å². The maximum Gasteiger partial charge on any atom is 0.160 e. The number of allylic oxidation sites excluding steroid dienone is 1. The van der Waals surface area contributed by atoms with E-state index >= 15 is 0 Å². The minimum atomic E-state index is 0.129. The lowest BCUT2D eigenvalue weighted by atomic mass is 10.0. The molecule has 80 valence electrons. The molecule has 1 aliphatic rings. The van der Waals surface area contributed by atoms with E-state index in [1.807, 2.05) is 20.8 Å². The topological polar surface area (TPSA) is 20.3 Å².